The lowest BCUT2D eigenvalue weighted by molar-refractivity contribution is -0.119. The number of carbonyl (C=O) groups is 1. The smallest absolute Gasteiger partial charge is 0.255 e. The summed E-state index contributed by atoms with van der Waals surface area (Å²) >= 11 is 5.19. The number of anilines is 1. The average molecular weight is 388 g/mol. The summed E-state index contributed by atoms with van der Waals surface area (Å²) in [7, 11) is 3.09. The average Bonchev–Trinajstić information content (AvgIpc) is 2.66. The third-order valence-corrected chi connectivity index (χ3v) is 3.46. The maximum atomic E-state index is 10.8. The summed E-state index contributed by atoms with van der Waals surface area (Å²) in [5.41, 5.74) is 9.32. The number of methoxy groups -OCH3 is 2. The molecule has 2 aromatic rings. The third kappa shape index (κ3) is 6.48. The topological polar surface area (TPSA) is 107 Å². The van der Waals surface area contributed by atoms with Gasteiger partial charge in [-0.05, 0) is 48.1 Å². The number of primary amides is 1. The van der Waals surface area contributed by atoms with Crippen molar-refractivity contribution in [3.05, 3.63) is 48.0 Å². The van der Waals surface area contributed by atoms with Crippen molar-refractivity contribution in [2.24, 2.45) is 10.8 Å². The van der Waals surface area contributed by atoms with Crippen molar-refractivity contribution in [1.82, 2.24) is 5.43 Å². The van der Waals surface area contributed by atoms with Gasteiger partial charge in [-0.2, -0.15) is 5.10 Å². The lowest BCUT2D eigenvalue weighted by Crippen LogP contribution is -2.23. The Bertz CT molecular complexity index is 842. The van der Waals surface area contributed by atoms with Crippen LogP contribution in [0.3, 0.4) is 0 Å². The van der Waals surface area contributed by atoms with Crippen molar-refractivity contribution in [3.63, 3.8) is 0 Å². The van der Waals surface area contributed by atoms with E-state index in [0.29, 0.717) is 16.6 Å². The molecular formula is C18H20N4O4S. The zero-order valence-corrected chi connectivity index (χ0v) is 15.7. The maximum Gasteiger partial charge on any atom is 0.255 e. The molecule has 0 atom stereocenters. The third-order valence-electron chi connectivity index (χ3n) is 3.26. The van der Waals surface area contributed by atoms with Crippen LogP contribution in [0.5, 0.6) is 17.2 Å². The molecule has 0 heterocycles. The Labute approximate surface area is 162 Å². The molecule has 0 fully saturated rings. The lowest BCUT2D eigenvalue weighted by Gasteiger charge is -2.10. The quantitative estimate of drug-likeness (QED) is 0.360. The molecule has 0 aliphatic carbocycles. The Kier molecular flexibility index (Phi) is 7.38. The second-order valence-corrected chi connectivity index (χ2v) is 5.63. The summed E-state index contributed by atoms with van der Waals surface area (Å²) in [6, 6.07) is 12.5. The van der Waals surface area contributed by atoms with E-state index in [0.717, 1.165) is 17.0 Å². The molecule has 0 aliphatic heterocycles. The molecule has 2 aromatic carbocycles. The Morgan fingerprint density at radius 2 is 2.00 bits per heavy atom. The monoisotopic (exact) mass is 388 g/mol. The molecule has 0 aromatic heterocycles. The fourth-order valence-electron chi connectivity index (χ4n) is 2.06. The van der Waals surface area contributed by atoms with E-state index in [4.69, 9.17) is 32.2 Å². The number of carbonyl (C=O) groups excluding carboxylic acids is 1. The predicted molar refractivity (Wildman–Crippen MR) is 108 cm³/mol. The second-order valence-electron chi connectivity index (χ2n) is 5.22. The van der Waals surface area contributed by atoms with Gasteiger partial charge in [-0.25, -0.2) is 0 Å². The minimum atomic E-state index is -0.566. The standard InChI is InChI=1S/C18H20N4O4S/c1-24-14-5-3-4-13(9-14)21-18(27)22-20-10-12-6-7-15(16(8-12)25-2)26-11-17(19)23/h3-10H,11H2,1-2H3,(H2,19,23)(H2,21,22,27)/b20-10-. The van der Waals surface area contributed by atoms with Crippen LogP contribution in [0.1, 0.15) is 5.56 Å². The van der Waals surface area contributed by atoms with Crippen LogP contribution >= 0.6 is 12.2 Å². The van der Waals surface area contributed by atoms with E-state index in [2.05, 4.69) is 15.8 Å². The number of thiocarbonyl (C=S) groups is 1. The Balaban J connectivity index is 1.94. The summed E-state index contributed by atoms with van der Waals surface area (Å²) in [6.45, 7) is -0.227. The van der Waals surface area contributed by atoms with E-state index in [-0.39, 0.29) is 6.61 Å². The molecule has 0 saturated carbocycles. The summed E-state index contributed by atoms with van der Waals surface area (Å²) < 4.78 is 15.7. The number of hydrogen-bond acceptors (Lipinski definition) is 6. The molecular weight excluding hydrogens is 368 g/mol. The van der Waals surface area contributed by atoms with Gasteiger partial charge in [0.15, 0.2) is 23.2 Å². The van der Waals surface area contributed by atoms with Gasteiger partial charge in [0.1, 0.15) is 5.75 Å². The van der Waals surface area contributed by atoms with E-state index in [1.807, 2.05) is 24.3 Å². The van der Waals surface area contributed by atoms with Gasteiger partial charge in [0, 0.05) is 11.8 Å². The van der Waals surface area contributed by atoms with E-state index < -0.39 is 5.91 Å². The predicted octanol–water partition coefficient (Wildman–Crippen LogP) is 1.89. The van der Waals surface area contributed by atoms with Gasteiger partial charge in [-0.15, -0.1) is 0 Å². The van der Waals surface area contributed by atoms with E-state index >= 15 is 0 Å². The van der Waals surface area contributed by atoms with Gasteiger partial charge in [0.05, 0.1) is 20.4 Å². The van der Waals surface area contributed by atoms with Crippen LogP contribution in [0.4, 0.5) is 5.69 Å². The minimum Gasteiger partial charge on any atom is -0.497 e. The highest BCUT2D eigenvalue weighted by molar-refractivity contribution is 7.80. The van der Waals surface area contributed by atoms with Crippen LogP contribution in [0.25, 0.3) is 0 Å². The molecule has 8 nitrogen and oxygen atoms in total. The molecule has 0 unspecified atom stereocenters. The fourth-order valence-corrected chi connectivity index (χ4v) is 2.23. The van der Waals surface area contributed by atoms with Crippen LogP contribution in [0.2, 0.25) is 0 Å². The first kappa shape index (κ1) is 20.0. The van der Waals surface area contributed by atoms with E-state index in [1.165, 1.54) is 7.11 Å². The maximum absolute atomic E-state index is 10.8. The number of hydrogen-bond donors (Lipinski definition) is 3. The number of nitrogens with zero attached hydrogens (tertiary/aromatic N) is 1. The molecule has 0 bridgehead atoms. The molecule has 27 heavy (non-hydrogen) atoms. The first-order valence-corrected chi connectivity index (χ1v) is 8.26. The number of benzene rings is 2. The summed E-state index contributed by atoms with van der Waals surface area (Å²) in [5.74, 6) is 1.02. The molecule has 0 spiro atoms. The van der Waals surface area contributed by atoms with Crippen LogP contribution in [0, 0.1) is 0 Å². The number of hydrazone groups is 1. The number of nitrogens with two attached hydrogens (primary N) is 1. The molecule has 142 valence electrons. The Hall–Kier alpha value is -3.33. The van der Waals surface area contributed by atoms with Crippen molar-refractivity contribution in [3.8, 4) is 17.2 Å². The molecule has 4 N–H and O–H groups in total. The van der Waals surface area contributed by atoms with E-state index in [1.54, 1.807) is 31.5 Å². The van der Waals surface area contributed by atoms with Gasteiger partial charge in [0.2, 0.25) is 0 Å². The Morgan fingerprint density at radius 3 is 2.70 bits per heavy atom. The molecule has 0 radical (unpaired) electrons. The highest BCUT2D eigenvalue weighted by atomic mass is 32.1. The van der Waals surface area contributed by atoms with Gasteiger partial charge < -0.3 is 25.3 Å². The van der Waals surface area contributed by atoms with Crippen molar-refractivity contribution in [1.29, 1.82) is 0 Å². The van der Waals surface area contributed by atoms with Crippen molar-refractivity contribution < 1.29 is 19.0 Å². The number of nitrogens with one attached hydrogen (secondary N) is 2. The number of amides is 1. The first-order chi connectivity index (χ1) is 13.0. The van der Waals surface area contributed by atoms with E-state index in [9.17, 15) is 4.79 Å². The highest BCUT2D eigenvalue weighted by Crippen LogP contribution is 2.27. The first-order valence-electron chi connectivity index (χ1n) is 7.85. The highest BCUT2D eigenvalue weighted by Gasteiger charge is 2.06. The molecule has 2 rings (SSSR count). The second kappa shape index (κ2) is 9.97. The zero-order chi connectivity index (χ0) is 19.6. The number of rotatable bonds is 8. The Morgan fingerprint density at radius 1 is 1.19 bits per heavy atom. The molecule has 9 heteroatoms. The minimum absolute atomic E-state index is 0.227. The summed E-state index contributed by atoms with van der Waals surface area (Å²) in [6.07, 6.45) is 1.57. The van der Waals surface area contributed by atoms with Crippen molar-refractivity contribution in [2.45, 2.75) is 0 Å². The van der Waals surface area contributed by atoms with Gasteiger partial charge in [-0.3, -0.25) is 10.2 Å². The van der Waals surface area contributed by atoms with Crippen molar-refractivity contribution in [2.75, 3.05) is 26.1 Å². The van der Waals surface area contributed by atoms with Crippen LogP contribution in [0.15, 0.2) is 47.6 Å². The van der Waals surface area contributed by atoms with Crippen LogP contribution in [-0.4, -0.2) is 38.1 Å². The molecule has 0 saturated heterocycles. The zero-order valence-electron chi connectivity index (χ0n) is 14.9. The normalized spacial score (nSPS) is 10.3. The van der Waals surface area contributed by atoms with Crippen LogP contribution in [-0.2, 0) is 4.79 Å². The van der Waals surface area contributed by atoms with Gasteiger partial charge >= 0.3 is 0 Å². The van der Waals surface area contributed by atoms with Gasteiger partial charge in [0.25, 0.3) is 5.91 Å². The summed E-state index contributed by atoms with van der Waals surface area (Å²) in [5, 5.41) is 7.41. The lowest BCUT2D eigenvalue weighted by atomic mass is 10.2. The van der Waals surface area contributed by atoms with Crippen LogP contribution < -0.4 is 30.7 Å². The fraction of sp³-hybridized carbons (Fsp3) is 0.167. The summed E-state index contributed by atoms with van der Waals surface area (Å²) in [4.78, 5) is 10.8. The SMILES string of the molecule is COc1cccc(NC(=S)N/N=C\c2ccc(OCC(N)=O)c(OC)c2)c1. The largest absolute Gasteiger partial charge is 0.497 e. The van der Waals surface area contributed by atoms with Gasteiger partial charge in [-0.1, -0.05) is 6.07 Å². The molecule has 1 amide bonds. The molecule has 0 aliphatic rings. The van der Waals surface area contributed by atoms with Crippen molar-refractivity contribution >= 4 is 35.1 Å². The number of ether oxygens (including phenoxy) is 3.